The van der Waals surface area contributed by atoms with Gasteiger partial charge in [-0.1, -0.05) is 25.2 Å². The van der Waals surface area contributed by atoms with Gasteiger partial charge in [0.05, 0.1) is 27.2 Å². The van der Waals surface area contributed by atoms with Gasteiger partial charge in [-0.2, -0.15) is 0 Å². The van der Waals surface area contributed by atoms with Crippen molar-refractivity contribution in [3.05, 3.63) is 12.1 Å². The lowest BCUT2D eigenvalue weighted by Gasteiger charge is -2.18. The lowest BCUT2D eigenvalue weighted by Crippen LogP contribution is -2.31. The average molecular weight is 435 g/mol. The summed E-state index contributed by atoms with van der Waals surface area (Å²) in [4.78, 5) is 26.5. The molecule has 162 valence electrons. The van der Waals surface area contributed by atoms with E-state index in [-0.39, 0.29) is 24.2 Å². The largest absolute Gasteiger partial charge is 0.493 e. The Morgan fingerprint density at radius 1 is 1.20 bits per heavy atom. The van der Waals surface area contributed by atoms with Crippen molar-refractivity contribution in [3.8, 4) is 27.8 Å². The predicted molar refractivity (Wildman–Crippen MR) is 113 cm³/mol. The molecular formula is C20H26N4O5S. The maximum atomic E-state index is 12.6. The summed E-state index contributed by atoms with van der Waals surface area (Å²) in [6, 6.07) is 3.54. The molecule has 2 heterocycles. The Balaban J connectivity index is 1.73. The zero-order chi connectivity index (χ0) is 21.8. The second-order valence-electron chi connectivity index (χ2n) is 7.41. The fourth-order valence-electron chi connectivity index (χ4n) is 3.37. The summed E-state index contributed by atoms with van der Waals surface area (Å²) in [6.07, 6.45) is 0.219. The van der Waals surface area contributed by atoms with Crippen LogP contribution in [0.15, 0.2) is 12.1 Å². The third-order valence-corrected chi connectivity index (χ3v) is 5.63. The third-order valence-electron chi connectivity index (χ3n) is 4.74. The predicted octanol–water partition coefficient (Wildman–Crippen LogP) is 2.67. The highest BCUT2D eigenvalue weighted by molar-refractivity contribution is 7.18. The van der Waals surface area contributed by atoms with Gasteiger partial charge in [0.2, 0.25) is 22.7 Å². The SMILES string of the molecule is COc1cc(-c2nnc(NC(=O)[C@H]3CC(=O)N(CC(C)C)C3)s2)cc(OC)c1OC. The van der Waals surface area contributed by atoms with Gasteiger partial charge < -0.3 is 24.4 Å². The number of amides is 2. The summed E-state index contributed by atoms with van der Waals surface area (Å²) in [5, 5.41) is 12.0. The van der Waals surface area contributed by atoms with Crippen LogP contribution in [0, 0.1) is 11.8 Å². The fraction of sp³-hybridized carbons (Fsp3) is 0.500. The van der Waals surface area contributed by atoms with E-state index in [1.54, 1.807) is 17.0 Å². The van der Waals surface area contributed by atoms with Gasteiger partial charge in [0.25, 0.3) is 0 Å². The van der Waals surface area contributed by atoms with Crippen molar-refractivity contribution in [1.82, 2.24) is 15.1 Å². The number of benzene rings is 1. The van der Waals surface area contributed by atoms with Crippen molar-refractivity contribution in [2.75, 3.05) is 39.7 Å². The van der Waals surface area contributed by atoms with E-state index < -0.39 is 0 Å². The molecule has 0 radical (unpaired) electrons. The van der Waals surface area contributed by atoms with Gasteiger partial charge in [0.15, 0.2) is 11.5 Å². The van der Waals surface area contributed by atoms with E-state index in [1.165, 1.54) is 32.7 Å². The number of aromatic nitrogens is 2. The van der Waals surface area contributed by atoms with E-state index in [2.05, 4.69) is 15.5 Å². The zero-order valence-corrected chi connectivity index (χ0v) is 18.5. The van der Waals surface area contributed by atoms with E-state index >= 15 is 0 Å². The zero-order valence-electron chi connectivity index (χ0n) is 17.7. The van der Waals surface area contributed by atoms with Crippen LogP contribution in [-0.2, 0) is 9.59 Å². The number of ether oxygens (including phenoxy) is 3. The molecule has 1 N–H and O–H groups in total. The molecule has 0 unspecified atom stereocenters. The molecule has 0 bridgehead atoms. The monoisotopic (exact) mass is 434 g/mol. The van der Waals surface area contributed by atoms with Crippen LogP contribution in [0.25, 0.3) is 10.6 Å². The first-order valence-electron chi connectivity index (χ1n) is 9.58. The first-order valence-corrected chi connectivity index (χ1v) is 10.4. The molecule has 30 heavy (non-hydrogen) atoms. The molecule has 9 nitrogen and oxygen atoms in total. The molecular weight excluding hydrogens is 408 g/mol. The van der Waals surface area contributed by atoms with Crippen LogP contribution < -0.4 is 19.5 Å². The molecule has 0 spiro atoms. The number of nitrogens with zero attached hydrogens (tertiary/aromatic N) is 3. The van der Waals surface area contributed by atoms with E-state index in [1.807, 2.05) is 13.8 Å². The molecule has 1 fully saturated rings. The number of anilines is 1. The van der Waals surface area contributed by atoms with Crippen molar-refractivity contribution in [3.63, 3.8) is 0 Å². The number of hydrogen-bond acceptors (Lipinski definition) is 8. The molecule has 1 aliphatic rings. The van der Waals surface area contributed by atoms with Crippen LogP contribution in [0.4, 0.5) is 5.13 Å². The lowest BCUT2D eigenvalue weighted by molar-refractivity contribution is -0.128. The highest BCUT2D eigenvalue weighted by Crippen LogP contribution is 2.42. The van der Waals surface area contributed by atoms with E-state index in [0.717, 1.165) is 5.56 Å². The lowest BCUT2D eigenvalue weighted by atomic mass is 10.1. The Morgan fingerprint density at radius 2 is 1.87 bits per heavy atom. The number of nitrogens with one attached hydrogen (secondary N) is 1. The Labute approximate surface area is 179 Å². The van der Waals surface area contributed by atoms with Crippen LogP contribution in [0.2, 0.25) is 0 Å². The molecule has 3 rings (SSSR count). The summed E-state index contributed by atoms with van der Waals surface area (Å²) in [6.45, 7) is 5.19. The van der Waals surface area contributed by atoms with Crippen LogP contribution in [0.3, 0.4) is 0 Å². The highest BCUT2D eigenvalue weighted by atomic mass is 32.1. The van der Waals surface area contributed by atoms with Gasteiger partial charge in [0.1, 0.15) is 5.01 Å². The first kappa shape index (κ1) is 21.8. The molecule has 2 amide bonds. The minimum atomic E-state index is -0.384. The topological polar surface area (TPSA) is 103 Å². The van der Waals surface area contributed by atoms with Crippen LogP contribution in [-0.4, -0.2) is 61.3 Å². The van der Waals surface area contributed by atoms with E-state index in [9.17, 15) is 9.59 Å². The van der Waals surface area contributed by atoms with Crippen LogP contribution >= 0.6 is 11.3 Å². The quantitative estimate of drug-likeness (QED) is 0.681. The smallest absolute Gasteiger partial charge is 0.231 e. The van der Waals surface area contributed by atoms with Crippen molar-refractivity contribution in [2.24, 2.45) is 11.8 Å². The molecule has 1 aromatic carbocycles. The molecule has 1 aliphatic heterocycles. The minimum Gasteiger partial charge on any atom is -0.493 e. The maximum Gasteiger partial charge on any atom is 0.231 e. The van der Waals surface area contributed by atoms with Gasteiger partial charge in [0, 0.05) is 25.1 Å². The molecule has 1 aromatic heterocycles. The molecule has 0 aliphatic carbocycles. The molecule has 1 saturated heterocycles. The second kappa shape index (κ2) is 9.29. The van der Waals surface area contributed by atoms with Crippen molar-refractivity contribution >= 4 is 28.3 Å². The average Bonchev–Trinajstić information content (AvgIpc) is 3.33. The Morgan fingerprint density at radius 3 is 2.43 bits per heavy atom. The van der Waals surface area contributed by atoms with Crippen LogP contribution in [0.1, 0.15) is 20.3 Å². The number of carbonyl (C=O) groups excluding carboxylic acids is 2. The summed E-state index contributed by atoms with van der Waals surface area (Å²) in [5.41, 5.74) is 0.724. The number of carbonyl (C=O) groups is 2. The Kier molecular flexibility index (Phi) is 6.76. The summed E-state index contributed by atoms with van der Waals surface area (Å²) in [5.74, 6) is 1.26. The summed E-state index contributed by atoms with van der Waals surface area (Å²) >= 11 is 1.23. The molecule has 10 heteroatoms. The first-order chi connectivity index (χ1) is 14.4. The van der Waals surface area contributed by atoms with E-state index in [0.29, 0.717) is 46.4 Å². The van der Waals surface area contributed by atoms with Gasteiger partial charge >= 0.3 is 0 Å². The maximum absolute atomic E-state index is 12.6. The second-order valence-corrected chi connectivity index (χ2v) is 8.39. The fourth-order valence-corrected chi connectivity index (χ4v) is 4.10. The van der Waals surface area contributed by atoms with Gasteiger partial charge in [-0.15, -0.1) is 10.2 Å². The Bertz CT molecular complexity index is 905. The number of rotatable bonds is 8. The van der Waals surface area contributed by atoms with Gasteiger partial charge in [-0.05, 0) is 18.1 Å². The standard InChI is InChI=1S/C20H26N4O5S/c1-11(2)9-24-10-13(8-16(24)25)18(26)21-20-23-22-19(30-20)12-6-14(27-3)17(29-5)15(7-12)28-4/h6-7,11,13H,8-10H2,1-5H3,(H,21,23,26)/t13-/m0/s1. The van der Waals surface area contributed by atoms with E-state index in [4.69, 9.17) is 14.2 Å². The third kappa shape index (κ3) is 4.64. The Hall–Kier alpha value is -2.88. The van der Waals surface area contributed by atoms with Gasteiger partial charge in [-0.25, -0.2) is 0 Å². The molecule has 1 atom stereocenters. The number of hydrogen-bond donors (Lipinski definition) is 1. The van der Waals surface area contributed by atoms with Crippen LogP contribution in [0.5, 0.6) is 17.2 Å². The van der Waals surface area contributed by atoms with Crippen molar-refractivity contribution in [2.45, 2.75) is 20.3 Å². The summed E-state index contributed by atoms with van der Waals surface area (Å²) in [7, 11) is 4.62. The number of methoxy groups -OCH3 is 3. The normalized spacial score (nSPS) is 16.1. The van der Waals surface area contributed by atoms with Crippen molar-refractivity contribution in [1.29, 1.82) is 0 Å². The van der Waals surface area contributed by atoms with Crippen molar-refractivity contribution < 1.29 is 23.8 Å². The minimum absolute atomic E-state index is 0.0132. The summed E-state index contributed by atoms with van der Waals surface area (Å²) < 4.78 is 16.1. The highest BCUT2D eigenvalue weighted by Gasteiger charge is 2.34. The van der Waals surface area contributed by atoms with Gasteiger partial charge in [-0.3, -0.25) is 9.59 Å². The molecule has 2 aromatic rings. The molecule has 0 saturated carbocycles. The number of likely N-dealkylation sites (tertiary alicyclic amines) is 1.